The molecule has 0 spiro atoms. The number of hydroxylamine groups is 1. The van der Waals surface area contributed by atoms with E-state index in [2.05, 4.69) is 5.48 Å². The molecule has 0 atom stereocenters. The molecule has 68 valence electrons. The molecule has 0 rings (SSSR count). The Morgan fingerprint density at radius 2 is 2.00 bits per heavy atom. The van der Waals surface area contributed by atoms with Crippen LogP contribution in [-0.2, 0) is 9.57 Å². The minimum Gasteiger partial charge on any atom is -0.394 e. The molecule has 11 heavy (non-hydrogen) atoms. The van der Waals surface area contributed by atoms with Crippen LogP contribution in [0.2, 0.25) is 0 Å². The van der Waals surface area contributed by atoms with E-state index in [4.69, 9.17) is 14.7 Å². The number of rotatable bonds is 6. The van der Waals surface area contributed by atoms with Crippen LogP contribution in [0.15, 0.2) is 0 Å². The Bertz CT molecular complexity index is 95.7. The molecule has 0 unspecified atom stereocenters. The van der Waals surface area contributed by atoms with Gasteiger partial charge in [-0.2, -0.15) is 5.48 Å². The summed E-state index contributed by atoms with van der Waals surface area (Å²) in [5, 5.41) is 8.78. The number of ether oxygens (including phenoxy) is 1. The Kier molecular flexibility index (Phi) is 5.41. The van der Waals surface area contributed by atoms with Gasteiger partial charge in [-0.1, -0.05) is 0 Å². The highest BCUT2D eigenvalue weighted by molar-refractivity contribution is 4.70. The van der Waals surface area contributed by atoms with E-state index >= 15 is 0 Å². The maximum atomic E-state index is 8.78. The number of nitrogens with one attached hydrogen (secondary N) is 1. The third-order valence-electron chi connectivity index (χ3n) is 1.13. The molecule has 0 aromatic rings. The van der Waals surface area contributed by atoms with Crippen molar-refractivity contribution in [1.82, 2.24) is 5.48 Å². The molecule has 0 aliphatic heterocycles. The lowest BCUT2D eigenvalue weighted by Gasteiger charge is -2.22. The highest BCUT2D eigenvalue weighted by Gasteiger charge is 2.14. The third kappa shape index (κ3) is 6.25. The van der Waals surface area contributed by atoms with Crippen molar-refractivity contribution in [2.24, 2.45) is 0 Å². The monoisotopic (exact) mass is 163 g/mol. The highest BCUT2D eigenvalue weighted by atomic mass is 16.7. The second kappa shape index (κ2) is 5.49. The molecule has 2 N–H and O–H groups in total. The summed E-state index contributed by atoms with van der Waals surface area (Å²) >= 11 is 0. The van der Waals surface area contributed by atoms with Crippen LogP contribution >= 0.6 is 0 Å². The van der Waals surface area contributed by atoms with Crippen LogP contribution in [0.25, 0.3) is 0 Å². The number of methoxy groups -OCH3 is 1. The maximum absolute atomic E-state index is 8.78. The quantitative estimate of drug-likeness (QED) is 0.425. The van der Waals surface area contributed by atoms with E-state index in [-0.39, 0.29) is 12.1 Å². The molecule has 0 saturated carbocycles. The zero-order valence-electron chi connectivity index (χ0n) is 7.39. The van der Waals surface area contributed by atoms with Crippen molar-refractivity contribution >= 4 is 0 Å². The summed E-state index contributed by atoms with van der Waals surface area (Å²) in [7, 11) is 1.61. The molecule has 0 aliphatic rings. The first-order chi connectivity index (χ1) is 5.12. The van der Waals surface area contributed by atoms with Gasteiger partial charge in [0.15, 0.2) is 0 Å². The normalized spacial score (nSPS) is 12.0. The number of aliphatic hydroxyl groups excluding tert-OH is 1. The van der Waals surface area contributed by atoms with E-state index in [0.29, 0.717) is 13.2 Å². The van der Waals surface area contributed by atoms with E-state index in [1.165, 1.54) is 0 Å². The molecule has 0 aliphatic carbocycles. The lowest BCUT2D eigenvalue weighted by molar-refractivity contribution is -0.0473. The fourth-order valence-electron chi connectivity index (χ4n) is 0.404. The molecule has 0 fully saturated rings. The molecule has 0 radical (unpaired) electrons. The molecule has 4 heteroatoms. The van der Waals surface area contributed by atoms with E-state index < -0.39 is 0 Å². The highest BCUT2D eigenvalue weighted by Crippen LogP contribution is 1.98. The van der Waals surface area contributed by atoms with Gasteiger partial charge in [0.2, 0.25) is 0 Å². The molecule has 4 nitrogen and oxygen atoms in total. The summed E-state index contributed by atoms with van der Waals surface area (Å²) in [6.45, 7) is 4.77. The van der Waals surface area contributed by atoms with Gasteiger partial charge in [0, 0.05) is 7.11 Å². The Balaban J connectivity index is 3.23. The maximum Gasteiger partial charge on any atom is 0.0916 e. The van der Waals surface area contributed by atoms with Crippen molar-refractivity contribution in [3.63, 3.8) is 0 Å². The van der Waals surface area contributed by atoms with Gasteiger partial charge in [0.05, 0.1) is 25.4 Å². The smallest absolute Gasteiger partial charge is 0.0916 e. The lowest BCUT2D eigenvalue weighted by Crippen LogP contribution is -2.43. The summed E-state index contributed by atoms with van der Waals surface area (Å²) in [5.41, 5.74) is 2.33. The minimum absolute atomic E-state index is 0.0416. The fourth-order valence-corrected chi connectivity index (χ4v) is 0.404. The average Bonchev–Trinajstić information content (AvgIpc) is 1.99. The van der Waals surface area contributed by atoms with Gasteiger partial charge in [-0.05, 0) is 13.8 Å². The number of hydrogen-bond acceptors (Lipinski definition) is 4. The lowest BCUT2D eigenvalue weighted by atomic mass is 10.1. The average molecular weight is 163 g/mol. The molecule has 0 aromatic heterocycles. The third-order valence-corrected chi connectivity index (χ3v) is 1.13. The van der Waals surface area contributed by atoms with Gasteiger partial charge < -0.3 is 9.84 Å². The topological polar surface area (TPSA) is 50.7 Å². The predicted octanol–water partition coefficient (Wildman–Crippen LogP) is -0.0751. The zero-order valence-corrected chi connectivity index (χ0v) is 7.39. The first-order valence-electron chi connectivity index (χ1n) is 3.61. The summed E-state index contributed by atoms with van der Waals surface area (Å²) in [5.74, 6) is 0. The van der Waals surface area contributed by atoms with E-state index in [9.17, 15) is 0 Å². The van der Waals surface area contributed by atoms with Crippen LogP contribution < -0.4 is 5.48 Å². The summed E-state index contributed by atoms with van der Waals surface area (Å²) < 4.78 is 4.76. The summed E-state index contributed by atoms with van der Waals surface area (Å²) in [6.07, 6.45) is 0. The Labute approximate surface area is 67.5 Å². The summed E-state index contributed by atoms with van der Waals surface area (Å²) in [4.78, 5) is 4.99. The Morgan fingerprint density at radius 1 is 1.36 bits per heavy atom. The van der Waals surface area contributed by atoms with Gasteiger partial charge in [-0.25, -0.2) is 0 Å². The molecule has 0 heterocycles. The first-order valence-corrected chi connectivity index (χ1v) is 3.61. The SMILES string of the molecule is COCCONC(C)(C)CO. The van der Waals surface area contributed by atoms with Crippen molar-refractivity contribution < 1.29 is 14.7 Å². The van der Waals surface area contributed by atoms with Crippen LogP contribution in [0, 0.1) is 0 Å². The van der Waals surface area contributed by atoms with Gasteiger partial charge in [-0.15, -0.1) is 0 Å². The van der Waals surface area contributed by atoms with Gasteiger partial charge in [0.1, 0.15) is 0 Å². The van der Waals surface area contributed by atoms with Crippen LogP contribution in [0.1, 0.15) is 13.8 Å². The molecule has 0 bridgehead atoms. The second-order valence-corrected chi connectivity index (χ2v) is 2.99. The largest absolute Gasteiger partial charge is 0.394 e. The van der Waals surface area contributed by atoms with Crippen molar-refractivity contribution in [2.45, 2.75) is 19.4 Å². The molecular formula is C7H17NO3. The van der Waals surface area contributed by atoms with Crippen molar-refractivity contribution in [1.29, 1.82) is 0 Å². The minimum atomic E-state index is -0.381. The second-order valence-electron chi connectivity index (χ2n) is 2.99. The van der Waals surface area contributed by atoms with Crippen LogP contribution in [0.4, 0.5) is 0 Å². The zero-order chi connectivity index (χ0) is 8.74. The molecule has 0 amide bonds. The van der Waals surface area contributed by atoms with Crippen molar-refractivity contribution in [3.05, 3.63) is 0 Å². The molecular weight excluding hydrogens is 146 g/mol. The predicted molar refractivity (Wildman–Crippen MR) is 42.1 cm³/mol. The van der Waals surface area contributed by atoms with Crippen LogP contribution in [-0.4, -0.2) is 37.6 Å². The van der Waals surface area contributed by atoms with Crippen molar-refractivity contribution in [2.75, 3.05) is 26.9 Å². The standard InChI is InChI=1S/C7H17NO3/c1-7(2,6-9)8-11-5-4-10-3/h8-9H,4-6H2,1-3H3. The first kappa shape index (κ1) is 10.8. The summed E-state index contributed by atoms with van der Waals surface area (Å²) in [6, 6.07) is 0. The van der Waals surface area contributed by atoms with Crippen LogP contribution in [0.3, 0.4) is 0 Å². The van der Waals surface area contributed by atoms with Gasteiger partial charge in [0.25, 0.3) is 0 Å². The number of aliphatic hydroxyl groups is 1. The van der Waals surface area contributed by atoms with Gasteiger partial charge >= 0.3 is 0 Å². The van der Waals surface area contributed by atoms with E-state index in [1.807, 2.05) is 13.8 Å². The Morgan fingerprint density at radius 3 is 2.45 bits per heavy atom. The van der Waals surface area contributed by atoms with Gasteiger partial charge in [-0.3, -0.25) is 4.84 Å². The Hall–Kier alpha value is -0.160. The van der Waals surface area contributed by atoms with Crippen molar-refractivity contribution in [3.8, 4) is 0 Å². The fraction of sp³-hybridized carbons (Fsp3) is 1.00. The van der Waals surface area contributed by atoms with Crippen LogP contribution in [0.5, 0.6) is 0 Å². The van der Waals surface area contributed by atoms with E-state index in [1.54, 1.807) is 7.11 Å². The molecule has 0 aromatic carbocycles. The van der Waals surface area contributed by atoms with E-state index in [0.717, 1.165) is 0 Å². The molecule has 0 saturated heterocycles. The number of hydrogen-bond donors (Lipinski definition) is 2.